The van der Waals surface area contributed by atoms with E-state index in [1.807, 2.05) is 85.9 Å². The normalized spacial score (nSPS) is 15.5. The van der Waals surface area contributed by atoms with Crippen LogP contribution in [0, 0.1) is 6.92 Å². The third-order valence-corrected chi connectivity index (χ3v) is 11.0. The van der Waals surface area contributed by atoms with Crippen LogP contribution in [0.1, 0.15) is 54.4 Å². The van der Waals surface area contributed by atoms with Crippen molar-refractivity contribution in [3.05, 3.63) is 107 Å². The van der Waals surface area contributed by atoms with Crippen molar-refractivity contribution >= 4 is 68.9 Å². The molecule has 1 aliphatic rings. The van der Waals surface area contributed by atoms with E-state index < -0.39 is 65.6 Å². The molecule has 0 aliphatic carbocycles. The molecule has 0 bridgehead atoms. The van der Waals surface area contributed by atoms with Crippen molar-refractivity contribution in [2.75, 3.05) is 19.5 Å². The van der Waals surface area contributed by atoms with Gasteiger partial charge in [-0.25, -0.2) is 0 Å². The van der Waals surface area contributed by atoms with Gasteiger partial charge in [-0.1, -0.05) is 66.2 Å². The Bertz CT molecular complexity index is 2290. The molecule has 1 aliphatic heterocycles. The van der Waals surface area contributed by atoms with Crippen LogP contribution in [0.2, 0.25) is 0 Å². The molecule has 0 saturated carbocycles. The fourth-order valence-corrected chi connectivity index (χ4v) is 7.62. The Labute approximate surface area is 347 Å². The van der Waals surface area contributed by atoms with E-state index in [4.69, 9.17) is 16.3 Å². The molecule has 6 N–H and O–H groups in total. The number of benzene rings is 3. The van der Waals surface area contributed by atoms with Crippen molar-refractivity contribution in [3.63, 3.8) is 0 Å². The van der Waals surface area contributed by atoms with Crippen molar-refractivity contribution in [3.8, 4) is 0 Å². The zero-order valence-corrected chi connectivity index (χ0v) is 33.9. The number of piperidine rings is 1. The monoisotopic (exact) mass is 823 g/mol. The van der Waals surface area contributed by atoms with E-state index in [0.29, 0.717) is 19.3 Å². The van der Waals surface area contributed by atoms with E-state index in [2.05, 4.69) is 31.2 Å². The zero-order valence-electron chi connectivity index (χ0n) is 33.1. The number of aryl methyl sites for hydroxylation is 1. The first-order chi connectivity index (χ1) is 28.5. The average Bonchev–Trinajstić information content (AvgIpc) is 3.87. The molecule has 3 heterocycles. The van der Waals surface area contributed by atoms with Crippen LogP contribution in [-0.4, -0.2) is 94.1 Å². The van der Waals surface area contributed by atoms with Crippen molar-refractivity contribution in [2.24, 2.45) is 0 Å². The van der Waals surface area contributed by atoms with Gasteiger partial charge in [-0.15, -0.1) is 11.6 Å². The van der Waals surface area contributed by atoms with Crippen LogP contribution in [0.15, 0.2) is 85.2 Å². The Kier molecular flexibility index (Phi) is 14.4. The number of nitrogens with zero attached hydrogens (tertiary/aromatic N) is 1. The third-order valence-electron chi connectivity index (χ3n) is 10.8. The molecule has 310 valence electrons. The molecular weight excluding hydrogens is 774 g/mol. The largest absolute Gasteiger partial charge is 0.469 e. The third kappa shape index (κ3) is 10.9. The van der Waals surface area contributed by atoms with E-state index in [0.717, 1.165) is 44.1 Å². The molecule has 0 unspecified atom stereocenters. The standard InChI is InChI=1S/C44H50ClN7O7/c1-27-14-16-28(17-15-27)24-48-41(55)36(21-29-25-46-33-11-5-3-9-31(29)33)50-42(56)37(22-30-26-47-34-12-6-4-10-32(30)34)51-43(57)38-13-7-8-20-52(38)44(58)35(49-39(53)23-45)18-19-40(54)59-2/h3-6,9-12,14-17,25-26,35-38,46-47H,7-8,13,18-24H2,1-2H3,(H,48,55)(H,49,53)(H,50,56)(H,51,57)/t35-,36-,37-,38-/m0/s1. The lowest BCUT2D eigenvalue weighted by Crippen LogP contribution is -2.61. The highest BCUT2D eigenvalue weighted by Gasteiger charge is 2.38. The molecule has 6 rings (SSSR count). The molecule has 1 saturated heterocycles. The lowest BCUT2D eigenvalue weighted by molar-refractivity contribution is -0.146. The van der Waals surface area contributed by atoms with Crippen molar-refractivity contribution in [1.82, 2.24) is 36.1 Å². The van der Waals surface area contributed by atoms with Crippen LogP contribution in [0.5, 0.6) is 0 Å². The van der Waals surface area contributed by atoms with Gasteiger partial charge in [0.25, 0.3) is 0 Å². The summed E-state index contributed by atoms with van der Waals surface area (Å²) in [6.07, 6.45) is 5.18. The summed E-state index contributed by atoms with van der Waals surface area (Å²) in [5, 5.41) is 13.3. The van der Waals surface area contributed by atoms with Gasteiger partial charge >= 0.3 is 5.97 Å². The maximum absolute atomic E-state index is 14.6. The topological polar surface area (TPSA) is 195 Å². The summed E-state index contributed by atoms with van der Waals surface area (Å²) in [4.78, 5) is 89.2. The number of amides is 5. The number of nitrogens with one attached hydrogen (secondary N) is 6. The highest BCUT2D eigenvalue weighted by Crippen LogP contribution is 2.23. The van der Waals surface area contributed by atoms with Gasteiger partial charge in [-0.3, -0.25) is 28.8 Å². The Morgan fingerprint density at radius 2 is 1.39 bits per heavy atom. The Balaban J connectivity index is 1.27. The van der Waals surface area contributed by atoms with Gasteiger partial charge in [0.15, 0.2) is 0 Å². The van der Waals surface area contributed by atoms with Crippen LogP contribution in [0.4, 0.5) is 0 Å². The number of aromatic nitrogens is 2. The lowest BCUT2D eigenvalue weighted by Gasteiger charge is -2.37. The Hall–Kier alpha value is -6.15. The number of hydrogen-bond acceptors (Lipinski definition) is 7. The second-order valence-electron chi connectivity index (χ2n) is 14.9. The number of esters is 1. The SMILES string of the molecule is COC(=O)CC[C@H](NC(=O)CCl)C(=O)N1CCCC[C@H]1C(=O)N[C@@H](Cc1c[nH]c2ccccc12)C(=O)N[C@@H](Cc1c[nH]c2ccccc12)C(=O)NCc1ccc(C)cc1. The molecule has 0 radical (unpaired) electrons. The molecule has 15 heteroatoms. The number of para-hydroxylation sites is 2. The number of ether oxygens (including phenoxy) is 1. The molecule has 2 aromatic heterocycles. The number of carbonyl (C=O) groups excluding carboxylic acids is 6. The van der Waals surface area contributed by atoms with E-state index >= 15 is 0 Å². The highest BCUT2D eigenvalue weighted by molar-refractivity contribution is 6.27. The van der Waals surface area contributed by atoms with E-state index in [9.17, 15) is 28.8 Å². The number of aromatic amines is 2. The number of rotatable bonds is 17. The minimum atomic E-state index is -1.16. The van der Waals surface area contributed by atoms with Gasteiger partial charge in [0.2, 0.25) is 29.5 Å². The molecule has 1 fully saturated rings. The van der Waals surface area contributed by atoms with E-state index in [1.165, 1.54) is 12.0 Å². The maximum atomic E-state index is 14.6. The van der Waals surface area contributed by atoms with Crippen molar-refractivity contribution in [2.45, 2.75) is 82.6 Å². The van der Waals surface area contributed by atoms with E-state index in [-0.39, 0.29) is 38.8 Å². The predicted molar refractivity (Wildman–Crippen MR) is 224 cm³/mol. The summed E-state index contributed by atoms with van der Waals surface area (Å²) in [6.45, 7) is 2.44. The molecular formula is C44H50ClN7O7. The first-order valence-corrected chi connectivity index (χ1v) is 20.3. The van der Waals surface area contributed by atoms with Gasteiger partial charge in [-0.05, 0) is 61.4 Å². The Morgan fingerprint density at radius 1 is 0.780 bits per heavy atom. The first kappa shape index (κ1) is 42.5. The molecule has 4 atom stereocenters. The quantitative estimate of drug-likeness (QED) is 0.0601. The summed E-state index contributed by atoms with van der Waals surface area (Å²) >= 11 is 5.75. The van der Waals surface area contributed by atoms with Crippen molar-refractivity contribution in [1.29, 1.82) is 0 Å². The van der Waals surface area contributed by atoms with Crippen LogP contribution >= 0.6 is 11.6 Å². The number of likely N-dealkylation sites (tertiary alicyclic amines) is 1. The van der Waals surface area contributed by atoms with Crippen LogP contribution in [0.25, 0.3) is 21.8 Å². The molecule has 59 heavy (non-hydrogen) atoms. The van der Waals surface area contributed by atoms with Crippen LogP contribution in [0.3, 0.4) is 0 Å². The number of halogens is 1. The lowest BCUT2D eigenvalue weighted by atomic mass is 9.97. The molecule has 3 aromatic carbocycles. The number of methoxy groups -OCH3 is 1. The molecule has 0 spiro atoms. The molecule has 14 nitrogen and oxygen atoms in total. The highest BCUT2D eigenvalue weighted by atomic mass is 35.5. The van der Waals surface area contributed by atoms with Gasteiger partial charge in [0.1, 0.15) is 30.0 Å². The number of fused-ring (bicyclic) bond motifs is 2. The molecule has 5 aromatic rings. The fourth-order valence-electron chi connectivity index (χ4n) is 7.54. The smallest absolute Gasteiger partial charge is 0.305 e. The van der Waals surface area contributed by atoms with Crippen molar-refractivity contribution < 1.29 is 33.5 Å². The van der Waals surface area contributed by atoms with Gasteiger partial charge in [0.05, 0.1) is 7.11 Å². The summed E-state index contributed by atoms with van der Waals surface area (Å²) in [7, 11) is 1.23. The zero-order chi connectivity index (χ0) is 41.9. The van der Waals surface area contributed by atoms with Crippen LogP contribution in [-0.2, 0) is 52.9 Å². The van der Waals surface area contributed by atoms with Gasteiger partial charge in [0, 0.05) is 66.6 Å². The van der Waals surface area contributed by atoms with Gasteiger partial charge in [-0.2, -0.15) is 0 Å². The summed E-state index contributed by atoms with van der Waals surface area (Å²) in [6, 6.07) is 18.8. The second-order valence-corrected chi connectivity index (χ2v) is 15.1. The summed E-state index contributed by atoms with van der Waals surface area (Å²) in [5.74, 6) is -3.66. The minimum Gasteiger partial charge on any atom is -0.469 e. The molecule has 5 amide bonds. The maximum Gasteiger partial charge on any atom is 0.305 e. The van der Waals surface area contributed by atoms with Crippen LogP contribution < -0.4 is 21.3 Å². The Morgan fingerprint density at radius 3 is 2.00 bits per heavy atom. The van der Waals surface area contributed by atoms with E-state index in [1.54, 1.807) is 6.20 Å². The predicted octanol–water partition coefficient (Wildman–Crippen LogP) is 4.09. The summed E-state index contributed by atoms with van der Waals surface area (Å²) in [5.41, 5.74) is 5.31. The number of alkyl halides is 1. The minimum absolute atomic E-state index is 0.0611. The van der Waals surface area contributed by atoms with Gasteiger partial charge < -0.3 is 40.9 Å². The number of H-pyrrole nitrogens is 2. The average molecular weight is 824 g/mol. The number of carbonyl (C=O) groups is 6. The first-order valence-electron chi connectivity index (χ1n) is 19.8. The second kappa shape index (κ2) is 20.0. The fraction of sp³-hybridized carbons (Fsp3) is 0.364. The summed E-state index contributed by atoms with van der Waals surface area (Å²) < 4.78 is 4.75. The number of hydrogen-bond donors (Lipinski definition) is 6.